The van der Waals surface area contributed by atoms with Crippen LogP contribution in [0, 0.1) is 19.3 Å². The molecule has 2 aliphatic rings. The van der Waals surface area contributed by atoms with Crippen LogP contribution in [0.25, 0.3) is 0 Å². The first-order valence-corrected chi connectivity index (χ1v) is 11.6. The fourth-order valence-electron chi connectivity index (χ4n) is 4.99. The Hall–Kier alpha value is -3.80. The number of fused-ring (bicyclic) bond motifs is 1. The molecule has 34 heavy (non-hydrogen) atoms. The topological polar surface area (TPSA) is 74.6 Å². The van der Waals surface area contributed by atoms with Crippen LogP contribution in [-0.2, 0) is 4.79 Å². The highest BCUT2D eigenvalue weighted by molar-refractivity contribution is 6.09. The highest BCUT2D eigenvalue weighted by Gasteiger charge is 2.44. The second-order valence-electron chi connectivity index (χ2n) is 9.94. The molecule has 2 N–H and O–H groups in total. The Morgan fingerprint density at radius 2 is 1.85 bits per heavy atom. The van der Waals surface area contributed by atoms with Crippen LogP contribution in [-0.4, -0.2) is 11.8 Å². The van der Waals surface area contributed by atoms with Crippen LogP contribution in [0.5, 0.6) is 0 Å². The third-order valence-corrected chi connectivity index (χ3v) is 6.78. The predicted octanol–water partition coefficient (Wildman–Crippen LogP) is 6.74. The van der Waals surface area contributed by atoms with E-state index in [0.29, 0.717) is 29.9 Å². The maximum atomic E-state index is 14.0. The minimum atomic E-state index is -0.685. The van der Waals surface area contributed by atoms with E-state index in [1.165, 1.54) is 0 Å². The SMILES string of the molecule is Cc1cccc(NC(=O)N2c3ccccc3NC3=C(C(=O)CC(C)(C)C3)[C@@H]2c2ccco2)c1C. The number of allylic oxidation sites excluding steroid dienone is 1. The summed E-state index contributed by atoms with van der Waals surface area (Å²) >= 11 is 0. The monoisotopic (exact) mass is 455 g/mol. The van der Waals surface area contributed by atoms with Crippen molar-refractivity contribution in [3.63, 3.8) is 0 Å². The fourth-order valence-corrected chi connectivity index (χ4v) is 4.99. The number of benzene rings is 2. The normalized spacial score (nSPS) is 19.1. The highest BCUT2D eigenvalue weighted by Crippen LogP contribution is 2.48. The minimum Gasteiger partial charge on any atom is -0.467 e. The second-order valence-corrected chi connectivity index (χ2v) is 9.94. The van der Waals surface area contributed by atoms with E-state index < -0.39 is 6.04 Å². The molecule has 3 aromatic rings. The summed E-state index contributed by atoms with van der Waals surface area (Å²) in [6.45, 7) is 8.20. The Labute approximate surface area is 199 Å². The van der Waals surface area contributed by atoms with Crippen molar-refractivity contribution in [3.05, 3.63) is 89.0 Å². The van der Waals surface area contributed by atoms with Crippen molar-refractivity contribution in [1.82, 2.24) is 0 Å². The molecule has 2 aromatic carbocycles. The molecule has 0 radical (unpaired) electrons. The van der Waals surface area contributed by atoms with Gasteiger partial charge in [0.2, 0.25) is 0 Å². The molecule has 5 rings (SSSR count). The van der Waals surface area contributed by atoms with Gasteiger partial charge in [-0.2, -0.15) is 0 Å². The smallest absolute Gasteiger partial charge is 0.327 e. The Morgan fingerprint density at radius 1 is 1.06 bits per heavy atom. The van der Waals surface area contributed by atoms with Crippen LogP contribution >= 0.6 is 0 Å². The van der Waals surface area contributed by atoms with Gasteiger partial charge in [0.1, 0.15) is 11.8 Å². The number of amides is 2. The number of nitrogens with zero attached hydrogens (tertiary/aromatic N) is 1. The second kappa shape index (κ2) is 8.20. The molecule has 1 aromatic heterocycles. The van der Waals surface area contributed by atoms with Crippen LogP contribution in [0.15, 0.2) is 76.5 Å². The third kappa shape index (κ3) is 3.79. The van der Waals surface area contributed by atoms with E-state index in [0.717, 1.165) is 28.2 Å². The number of carbonyl (C=O) groups excluding carboxylic acids is 2. The molecule has 1 aliphatic carbocycles. The number of para-hydroxylation sites is 2. The van der Waals surface area contributed by atoms with Gasteiger partial charge in [0, 0.05) is 23.4 Å². The molecule has 0 saturated heterocycles. The van der Waals surface area contributed by atoms with E-state index in [1.807, 2.05) is 62.4 Å². The Balaban J connectivity index is 1.69. The first-order valence-electron chi connectivity index (χ1n) is 11.6. The van der Waals surface area contributed by atoms with E-state index in [1.54, 1.807) is 17.2 Å². The van der Waals surface area contributed by atoms with Gasteiger partial charge in [-0.25, -0.2) is 4.79 Å². The number of aryl methyl sites for hydroxylation is 1. The van der Waals surface area contributed by atoms with Gasteiger partial charge >= 0.3 is 6.03 Å². The molecule has 2 heterocycles. The molecule has 0 spiro atoms. The van der Waals surface area contributed by atoms with Crippen molar-refractivity contribution >= 4 is 28.9 Å². The van der Waals surface area contributed by atoms with Gasteiger partial charge < -0.3 is 15.1 Å². The summed E-state index contributed by atoms with van der Waals surface area (Å²) in [5.41, 5.74) is 5.55. The fraction of sp³-hybridized carbons (Fsp3) is 0.286. The first kappa shape index (κ1) is 22.0. The number of hydrogen-bond acceptors (Lipinski definition) is 4. The summed E-state index contributed by atoms with van der Waals surface area (Å²) in [5.74, 6) is 0.577. The van der Waals surface area contributed by atoms with E-state index in [-0.39, 0.29) is 17.2 Å². The van der Waals surface area contributed by atoms with Crippen molar-refractivity contribution in [2.24, 2.45) is 5.41 Å². The van der Waals surface area contributed by atoms with Crippen molar-refractivity contribution in [3.8, 4) is 0 Å². The van der Waals surface area contributed by atoms with Crippen LogP contribution in [0.1, 0.15) is 49.6 Å². The van der Waals surface area contributed by atoms with E-state index in [2.05, 4.69) is 24.5 Å². The van der Waals surface area contributed by atoms with E-state index >= 15 is 0 Å². The highest BCUT2D eigenvalue weighted by atomic mass is 16.3. The van der Waals surface area contributed by atoms with Gasteiger partial charge in [0.25, 0.3) is 0 Å². The number of carbonyl (C=O) groups is 2. The van der Waals surface area contributed by atoms with Crippen molar-refractivity contribution < 1.29 is 14.0 Å². The van der Waals surface area contributed by atoms with Crippen LogP contribution in [0.3, 0.4) is 0 Å². The van der Waals surface area contributed by atoms with Gasteiger partial charge in [0.05, 0.1) is 17.6 Å². The predicted molar refractivity (Wildman–Crippen MR) is 134 cm³/mol. The number of furan rings is 1. The Kier molecular flexibility index (Phi) is 5.31. The average Bonchev–Trinajstić information content (AvgIpc) is 3.26. The van der Waals surface area contributed by atoms with Gasteiger partial charge in [0.15, 0.2) is 5.78 Å². The molecular formula is C28H29N3O3. The van der Waals surface area contributed by atoms with Gasteiger partial charge in [-0.05, 0) is 67.1 Å². The number of Topliss-reactive ketones (excluding diaryl/α,β-unsaturated/α-hetero) is 1. The Bertz CT molecular complexity index is 1300. The lowest BCUT2D eigenvalue weighted by atomic mass is 9.74. The molecule has 0 saturated carbocycles. The summed E-state index contributed by atoms with van der Waals surface area (Å²) in [4.78, 5) is 29.2. The molecular weight excluding hydrogens is 426 g/mol. The quantitative estimate of drug-likeness (QED) is 0.448. The molecule has 1 atom stereocenters. The first-order chi connectivity index (χ1) is 16.2. The molecule has 174 valence electrons. The zero-order chi connectivity index (χ0) is 24.0. The number of urea groups is 1. The number of rotatable bonds is 2. The maximum Gasteiger partial charge on any atom is 0.327 e. The number of nitrogens with one attached hydrogen (secondary N) is 2. The molecule has 0 unspecified atom stereocenters. The number of hydrogen-bond donors (Lipinski definition) is 2. The summed E-state index contributed by atoms with van der Waals surface area (Å²) in [7, 11) is 0. The van der Waals surface area contributed by atoms with Crippen LogP contribution < -0.4 is 15.5 Å². The van der Waals surface area contributed by atoms with Gasteiger partial charge in [-0.3, -0.25) is 9.69 Å². The minimum absolute atomic E-state index is 0.0255. The zero-order valence-electron chi connectivity index (χ0n) is 19.9. The molecule has 6 nitrogen and oxygen atoms in total. The van der Waals surface area contributed by atoms with E-state index in [9.17, 15) is 9.59 Å². The molecule has 2 amide bonds. The number of anilines is 3. The van der Waals surface area contributed by atoms with Gasteiger partial charge in [-0.1, -0.05) is 38.1 Å². The lowest BCUT2D eigenvalue weighted by Crippen LogP contribution is -2.41. The summed E-state index contributed by atoms with van der Waals surface area (Å²) < 4.78 is 5.83. The average molecular weight is 456 g/mol. The third-order valence-electron chi connectivity index (χ3n) is 6.78. The number of ketones is 1. The summed E-state index contributed by atoms with van der Waals surface area (Å²) in [6, 6.07) is 16.1. The van der Waals surface area contributed by atoms with Crippen molar-refractivity contribution in [2.75, 3.05) is 15.5 Å². The zero-order valence-corrected chi connectivity index (χ0v) is 19.9. The van der Waals surface area contributed by atoms with Crippen molar-refractivity contribution in [2.45, 2.75) is 46.6 Å². The molecule has 6 heteroatoms. The van der Waals surface area contributed by atoms with Crippen LogP contribution in [0.2, 0.25) is 0 Å². The van der Waals surface area contributed by atoms with Crippen molar-refractivity contribution in [1.29, 1.82) is 0 Å². The Morgan fingerprint density at radius 3 is 2.62 bits per heavy atom. The summed E-state index contributed by atoms with van der Waals surface area (Å²) in [6.07, 6.45) is 2.69. The lowest BCUT2D eigenvalue weighted by molar-refractivity contribution is -0.118. The summed E-state index contributed by atoms with van der Waals surface area (Å²) in [5, 5.41) is 6.60. The van der Waals surface area contributed by atoms with Gasteiger partial charge in [-0.15, -0.1) is 0 Å². The lowest BCUT2D eigenvalue weighted by Gasteiger charge is -2.36. The van der Waals surface area contributed by atoms with E-state index in [4.69, 9.17) is 4.42 Å². The largest absolute Gasteiger partial charge is 0.467 e. The van der Waals surface area contributed by atoms with Crippen LogP contribution in [0.4, 0.5) is 21.9 Å². The molecule has 0 fully saturated rings. The molecule has 1 aliphatic heterocycles. The standard InChI is InChI=1S/C28H29N3O3/c1-17-9-7-11-19(18(17)2)30-27(33)31-22-12-6-5-10-20(22)29-21-15-28(3,4)16-23(32)25(21)26(31)24-13-8-14-34-24/h5-14,26,29H,15-16H2,1-4H3,(H,30,33)/t26-/m0/s1. The maximum absolute atomic E-state index is 14.0. The molecule has 0 bridgehead atoms.